The van der Waals surface area contributed by atoms with E-state index in [2.05, 4.69) is 4.98 Å². The third kappa shape index (κ3) is 1.59. The molecule has 2 bridgehead atoms. The molecule has 0 aromatic carbocycles. The van der Waals surface area contributed by atoms with Crippen LogP contribution < -0.4 is 0 Å². The standard InChI is InChI=1S/C12H14FNO3S/c13-11-7-14-4-3-10(11)12(15)5-8-1-2-9(6-12)18(8,16)17/h3-4,7-9,15H,1-2,5-6H2. The summed E-state index contributed by atoms with van der Waals surface area (Å²) >= 11 is 0. The molecule has 4 nitrogen and oxygen atoms in total. The van der Waals surface area contributed by atoms with Crippen molar-refractivity contribution in [3.63, 3.8) is 0 Å². The van der Waals surface area contributed by atoms with Crippen LogP contribution in [0.2, 0.25) is 0 Å². The third-order valence-corrected chi connectivity index (χ3v) is 6.81. The van der Waals surface area contributed by atoms with E-state index in [1.165, 1.54) is 12.3 Å². The molecule has 2 aliphatic heterocycles. The molecule has 3 heterocycles. The second-order valence-electron chi connectivity index (χ2n) is 5.21. The Balaban J connectivity index is 2.03. The minimum Gasteiger partial charge on any atom is -0.385 e. The molecule has 18 heavy (non-hydrogen) atoms. The van der Waals surface area contributed by atoms with Gasteiger partial charge in [0.1, 0.15) is 5.82 Å². The maximum Gasteiger partial charge on any atom is 0.156 e. The lowest BCUT2D eigenvalue weighted by atomic mass is 9.86. The summed E-state index contributed by atoms with van der Waals surface area (Å²) in [6, 6.07) is 1.44. The number of nitrogens with zero attached hydrogens (tertiary/aromatic N) is 1. The minimum absolute atomic E-state index is 0.0900. The molecule has 0 aliphatic carbocycles. The van der Waals surface area contributed by atoms with E-state index in [1.54, 1.807) is 0 Å². The Morgan fingerprint density at radius 2 is 1.94 bits per heavy atom. The smallest absolute Gasteiger partial charge is 0.156 e. The molecule has 98 valence electrons. The van der Waals surface area contributed by atoms with Crippen LogP contribution in [0, 0.1) is 5.82 Å². The van der Waals surface area contributed by atoms with Crippen molar-refractivity contribution in [3.05, 3.63) is 29.8 Å². The molecule has 3 rings (SSSR count). The van der Waals surface area contributed by atoms with Crippen molar-refractivity contribution in [3.8, 4) is 0 Å². The summed E-state index contributed by atoms with van der Waals surface area (Å²) in [6.45, 7) is 0. The van der Waals surface area contributed by atoms with Crippen LogP contribution in [0.25, 0.3) is 0 Å². The number of pyridine rings is 1. The second kappa shape index (κ2) is 3.74. The first kappa shape index (κ1) is 12.0. The number of halogens is 1. The van der Waals surface area contributed by atoms with Gasteiger partial charge < -0.3 is 5.11 Å². The van der Waals surface area contributed by atoms with E-state index in [0.29, 0.717) is 12.8 Å². The van der Waals surface area contributed by atoms with Gasteiger partial charge in [-0.1, -0.05) is 0 Å². The molecule has 0 amide bonds. The molecule has 2 fully saturated rings. The van der Waals surface area contributed by atoms with E-state index in [-0.39, 0.29) is 18.4 Å². The summed E-state index contributed by atoms with van der Waals surface area (Å²) < 4.78 is 37.6. The van der Waals surface area contributed by atoms with Gasteiger partial charge in [-0.2, -0.15) is 0 Å². The number of hydrogen-bond donors (Lipinski definition) is 1. The summed E-state index contributed by atoms with van der Waals surface area (Å²) in [7, 11) is -3.12. The van der Waals surface area contributed by atoms with Crippen LogP contribution in [0.1, 0.15) is 31.2 Å². The van der Waals surface area contributed by atoms with Crippen LogP contribution in [-0.4, -0.2) is 29.0 Å². The van der Waals surface area contributed by atoms with Gasteiger partial charge >= 0.3 is 0 Å². The molecule has 0 radical (unpaired) electrons. The highest BCUT2D eigenvalue weighted by molar-refractivity contribution is 7.93. The molecule has 1 aromatic rings. The quantitative estimate of drug-likeness (QED) is 0.832. The van der Waals surface area contributed by atoms with E-state index in [1.807, 2.05) is 0 Å². The molecule has 1 N–H and O–H groups in total. The SMILES string of the molecule is O=S1(=O)C2CCC1CC(O)(c1ccncc1F)C2. The Labute approximate surface area is 105 Å². The van der Waals surface area contributed by atoms with Crippen LogP contribution in [0.4, 0.5) is 4.39 Å². The van der Waals surface area contributed by atoms with Crippen LogP contribution in [0.3, 0.4) is 0 Å². The summed E-state index contributed by atoms with van der Waals surface area (Å²) in [5, 5.41) is 9.54. The summed E-state index contributed by atoms with van der Waals surface area (Å²) in [5.74, 6) is -0.571. The highest BCUT2D eigenvalue weighted by Crippen LogP contribution is 2.47. The summed E-state index contributed by atoms with van der Waals surface area (Å²) in [6.07, 6.45) is 3.79. The fourth-order valence-corrected chi connectivity index (χ4v) is 5.71. The molecule has 2 unspecified atom stereocenters. The molecule has 6 heteroatoms. The van der Waals surface area contributed by atoms with Gasteiger partial charge in [-0.3, -0.25) is 4.98 Å². The van der Waals surface area contributed by atoms with Crippen LogP contribution in [0.5, 0.6) is 0 Å². The van der Waals surface area contributed by atoms with Crippen LogP contribution >= 0.6 is 0 Å². The van der Waals surface area contributed by atoms with Crippen LogP contribution in [-0.2, 0) is 15.4 Å². The lowest BCUT2D eigenvalue weighted by Gasteiger charge is -2.36. The van der Waals surface area contributed by atoms with Crippen molar-refractivity contribution < 1.29 is 17.9 Å². The first-order valence-corrected chi connectivity index (χ1v) is 7.59. The first-order chi connectivity index (χ1) is 8.43. The van der Waals surface area contributed by atoms with Gasteiger partial charge in [0.15, 0.2) is 9.84 Å². The molecule has 1 aromatic heterocycles. The number of sulfone groups is 1. The average Bonchev–Trinajstić information content (AvgIpc) is 2.51. The Bertz CT molecular complexity index is 567. The molecular weight excluding hydrogens is 257 g/mol. The Morgan fingerprint density at radius 1 is 1.33 bits per heavy atom. The van der Waals surface area contributed by atoms with Crippen molar-refractivity contribution in [1.82, 2.24) is 4.98 Å². The van der Waals surface area contributed by atoms with Gasteiger partial charge in [-0.05, 0) is 31.7 Å². The Morgan fingerprint density at radius 3 is 2.50 bits per heavy atom. The predicted octanol–water partition coefficient (Wildman–Crippen LogP) is 1.15. The summed E-state index contributed by atoms with van der Waals surface area (Å²) in [5.41, 5.74) is -1.20. The fourth-order valence-electron chi connectivity index (χ4n) is 3.22. The van der Waals surface area contributed by atoms with Crippen molar-refractivity contribution >= 4 is 9.84 Å². The zero-order chi connectivity index (χ0) is 13.0. The zero-order valence-corrected chi connectivity index (χ0v) is 10.5. The molecule has 2 aliphatic rings. The zero-order valence-electron chi connectivity index (χ0n) is 9.71. The maximum atomic E-state index is 13.7. The van der Waals surface area contributed by atoms with Gasteiger partial charge in [0.05, 0.1) is 22.3 Å². The van der Waals surface area contributed by atoms with Gasteiger partial charge in [0.2, 0.25) is 0 Å². The number of fused-ring (bicyclic) bond motifs is 2. The van der Waals surface area contributed by atoms with Gasteiger partial charge in [-0.25, -0.2) is 12.8 Å². The molecule has 0 saturated carbocycles. The van der Waals surface area contributed by atoms with Crippen molar-refractivity contribution in [2.75, 3.05) is 0 Å². The minimum atomic E-state index is -3.12. The lowest BCUT2D eigenvalue weighted by molar-refractivity contribution is 0.0138. The first-order valence-electron chi connectivity index (χ1n) is 5.98. The molecule has 2 saturated heterocycles. The van der Waals surface area contributed by atoms with Gasteiger partial charge in [0.25, 0.3) is 0 Å². The summed E-state index contributed by atoms with van der Waals surface area (Å²) in [4.78, 5) is 3.65. The van der Waals surface area contributed by atoms with E-state index < -0.39 is 31.8 Å². The van der Waals surface area contributed by atoms with Crippen molar-refractivity contribution in [1.29, 1.82) is 0 Å². The van der Waals surface area contributed by atoms with Gasteiger partial charge in [-0.15, -0.1) is 0 Å². The number of aliphatic hydroxyl groups is 1. The monoisotopic (exact) mass is 271 g/mol. The normalized spacial score (nSPS) is 37.7. The fraction of sp³-hybridized carbons (Fsp3) is 0.583. The Hall–Kier alpha value is -1.01. The number of rotatable bonds is 1. The van der Waals surface area contributed by atoms with E-state index >= 15 is 0 Å². The lowest BCUT2D eigenvalue weighted by Crippen LogP contribution is -2.43. The topological polar surface area (TPSA) is 67.3 Å². The maximum absolute atomic E-state index is 13.7. The predicted molar refractivity (Wildman–Crippen MR) is 63.1 cm³/mol. The van der Waals surface area contributed by atoms with Crippen molar-refractivity contribution in [2.24, 2.45) is 0 Å². The number of aromatic nitrogens is 1. The Kier molecular flexibility index (Phi) is 2.50. The van der Waals surface area contributed by atoms with E-state index in [0.717, 1.165) is 6.20 Å². The van der Waals surface area contributed by atoms with Crippen molar-refractivity contribution in [2.45, 2.75) is 41.8 Å². The average molecular weight is 271 g/mol. The largest absolute Gasteiger partial charge is 0.385 e. The number of hydrogen-bond acceptors (Lipinski definition) is 4. The molecule has 2 atom stereocenters. The van der Waals surface area contributed by atoms with E-state index in [9.17, 15) is 17.9 Å². The van der Waals surface area contributed by atoms with E-state index in [4.69, 9.17) is 0 Å². The van der Waals surface area contributed by atoms with Crippen LogP contribution in [0.15, 0.2) is 18.5 Å². The third-order valence-electron chi connectivity index (χ3n) is 4.14. The highest BCUT2D eigenvalue weighted by atomic mass is 32.2. The highest BCUT2D eigenvalue weighted by Gasteiger charge is 2.53. The molecular formula is C12H14FNO3S. The second-order valence-corrected chi connectivity index (χ2v) is 7.72. The van der Waals surface area contributed by atoms with Gasteiger partial charge in [0, 0.05) is 11.8 Å². The molecule has 0 spiro atoms.